The van der Waals surface area contributed by atoms with Crippen LogP contribution in [0, 0.1) is 5.92 Å². The van der Waals surface area contributed by atoms with Gasteiger partial charge < -0.3 is 0 Å². The number of benzene rings is 1. The number of rotatable bonds is 2. The van der Waals surface area contributed by atoms with Gasteiger partial charge in [0.05, 0.1) is 17.9 Å². The second-order valence-electron chi connectivity index (χ2n) is 6.21. The number of alkyl halides is 3. The van der Waals surface area contributed by atoms with Gasteiger partial charge in [0, 0.05) is 38.2 Å². The average Bonchev–Trinajstić information content (AvgIpc) is 2.80. The largest absolute Gasteiger partial charge is 0.416 e. The van der Waals surface area contributed by atoms with Crippen LogP contribution in [0.1, 0.15) is 23.6 Å². The molecule has 1 aromatic carbocycles. The lowest BCUT2D eigenvalue weighted by molar-refractivity contribution is -0.137. The topological polar surface area (TPSA) is 53.0 Å². The Labute approximate surface area is 138 Å². The molecule has 1 saturated heterocycles. The zero-order chi connectivity index (χ0) is 17.7. The van der Waals surface area contributed by atoms with Crippen molar-refractivity contribution in [1.29, 1.82) is 0 Å². The Hall–Kier alpha value is -1.61. The number of piperidine rings is 1. The van der Waals surface area contributed by atoms with Crippen molar-refractivity contribution in [3.8, 4) is 0 Å². The summed E-state index contributed by atoms with van der Waals surface area (Å²) in [6, 6.07) is 4.74. The highest BCUT2D eigenvalue weighted by molar-refractivity contribution is 7.88. The van der Waals surface area contributed by atoms with Crippen molar-refractivity contribution in [3.05, 3.63) is 35.4 Å². The molecule has 1 aromatic rings. The lowest BCUT2D eigenvalue weighted by atomic mass is 9.86. The molecule has 0 bridgehead atoms. The first-order valence-corrected chi connectivity index (χ1v) is 9.34. The Kier molecular flexibility index (Phi) is 4.11. The molecule has 132 valence electrons. The van der Waals surface area contributed by atoms with E-state index in [1.807, 2.05) is 0 Å². The highest BCUT2D eigenvalue weighted by Crippen LogP contribution is 2.39. The third kappa shape index (κ3) is 3.14. The van der Waals surface area contributed by atoms with Gasteiger partial charge in [-0.2, -0.15) is 18.3 Å². The summed E-state index contributed by atoms with van der Waals surface area (Å²) in [4.78, 5) is 0. The number of hydrogen-bond donors (Lipinski definition) is 0. The molecule has 0 aromatic heterocycles. The van der Waals surface area contributed by atoms with E-state index in [9.17, 15) is 21.6 Å². The fraction of sp³-hybridized carbons (Fsp3) is 0.533. The Morgan fingerprint density at radius 1 is 1.21 bits per heavy atom. The van der Waals surface area contributed by atoms with Crippen LogP contribution in [0.4, 0.5) is 13.2 Å². The van der Waals surface area contributed by atoms with Crippen molar-refractivity contribution in [1.82, 2.24) is 9.31 Å². The Bertz CT molecular complexity index is 759. The van der Waals surface area contributed by atoms with Crippen LogP contribution < -0.4 is 0 Å². The summed E-state index contributed by atoms with van der Waals surface area (Å²) in [7, 11) is -1.54. The summed E-state index contributed by atoms with van der Waals surface area (Å²) in [5.41, 5.74) is 0.904. The van der Waals surface area contributed by atoms with Gasteiger partial charge in [0.1, 0.15) is 0 Å². The maximum atomic E-state index is 12.7. The highest BCUT2D eigenvalue weighted by atomic mass is 32.2. The molecular formula is C15H18F3N3O2S. The number of nitrogens with zero attached hydrogens (tertiary/aromatic N) is 3. The Morgan fingerprint density at radius 2 is 1.83 bits per heavy atom. The first-order valence-electron chi connectivity index (χ1n) is 7.50. The summed E-state index contributed by atoms with van der Waals surface area (Å²) < 4.78 is 63.2. The normalized spacial score (nSPS) is 25.5. The lowest BCUT2D eigenvalue weighted by Crippen LogP contribution is -2.44. The minimum Gasteiger partial charge on any atom is -0.292 e. The molecule has 0 radical (unpaired) electrons. The first kappa shape index (κ1) is 17.2. The molecule has 0 spiro atoms. The van der Waals surface area contributed by atoms with Crippen LogP contribution in [-0.4, -0.2) is 49.8 Å². The van der Waals surface area contributed by atoms with E-state index in [1.54, 1.807) is 12.1 Å². The first-order chi connectivity index (χ1) is 11.1. The van der Waals surface area contributed by atoms with Gasteiger partial charge in [0.2, 0.25) is 10.0 Å². The van der Waals surface area contributed by atoms with Crippen molar-refractivity contribution in [2.75, 3.05) is 26.4 Å². The number of sulfonamides is 1. The lowest BCUT2D eigenvalue weighted by Gasteiger charge is -2.33. The second kappa shape index (κ2) is 5.73. The number of halogens is 3. The van der Waals surface area contributed by atoms with Gasteiger partial charge in [-0.1, -0.05) is 12.1 Å². The molecule has 24 heavy (non-hydrogen) atoms. The molecule has 0 amide bonds. The van der Waals surface area contributed by atoms with E-state index < -0.39 is 21.8 Å². The van der Waals surface area contributed by atoms with Crippen molar-refractivity contribution in [2.24, 2.45) is 11.0 Å². The van der Waals surface area contributed by atoms with E-state index in [2.05, 4.69) is 5.10 Å². The van der Waals surface area contributed by atoms with Crippen LogP contribution >= 0.6 is 0 Å². The zero-order valence-corrected chi connectivity index (χ0v) is 14.1. The molecule has 2 aliphatic rings. The highest BCUT2D eigenvalue weighted by Gasteiger charge is 2.42. The van der Waals surface area contributed by atoms with Crippen LogP contribution in [0.5, 0.6) is 0 Å². The van der Waals surface area contributed by atoms with Crippen LogP contribution in [0.2, 0.25) is 0 Å². The monoisotopic (exact) mass is 361 g/mol. The summed E-state index contributed by atoms with van der Waals surface area (Å²) >= 11 is 0. The van der Waals surface area contributed by atoms with Crippen LogP contribution in [-0.2, 0) is 16.2 Å². The third-order valence-corrected chi connectivity index (χ3v) is 5.83. The SMILES string of the molecule is CN1N=C2CCN(S(C)(=O)=O)C[C@H]2[C@@H]1c1ccc(C(F)(F)F)cc1. The second-order valence-corrected chi connectivity index (χ2v) is 8.19. The predicted octanol–water partition coefficient (Wildman–Crippen LogP) is 2.33. The van der Waals surface area contributed by atoms with E-state index in [0.29, 0.717) is 25.1 Å². The van der Waals surface area contributed by atoms with Gasteiger partial charge in [-0.05, 0) is 17.7 Å². The summed E-state index contributed by atoms with van der Waals surface area (Å²) in [6.07, 6.45) is -2.67. The quantitative estimate of drug-likeness (QED) is 0.812. The number of hydrazone groups is 1. The summed E-state index contributed by atoms with van der Waals surface area (Å²) in [5.74, 6) is -0.143. The van der Waals surface area contributed by atoms with Gasteiger partial charge in [-0.25, -0.2) is 12.7 Å². The predicted molar refractivity (Wildman–Crippen MR) is 83.9 cm³/mol. The van der Waals surface area contributed by atoms with Crippen molar-refractivity contribution in [2.45, 2.75) is 18.6 Å². The molecule has 1 fully saturated rings. The van der Waals surface area contributed by atoms with Gasteiger partial charge >= 0.3 is 6.18 Å². The molecule has 2 heterocycles. The third-order valence-electron chi connectivity index (χ3n) is 4.56. The van der Waals surface area contributed by atoms with Gasteiger partial charge in [-0.3, -0.25) is 5.01 Å². The number of hydrogen-bond acceptors (Lipinski definition) is 4. The molecule has 0 aliphatic carbocycles. The van der Waals surface area contributed by atoms with Crippen molar-refractivity contribution < 1.29 is 21.6 Å². The van der Waals surface area contributed by atoms with E-state index >= 15 is 0 Å². The molecule has 3 rings (SSSR count). The van der Waals surface area contributed by atoms with E-state index in [-0.39, 0.29) is 12.0 Å². The maximum Gasteiger partial charge on any atom is 0.416 e. The average molecular weight is 361 g/mol. The van der Waals surface area contributed by atoms with Crippen LogP contribution in [0.15, 0.2) is 29.4 Å². The summed E-state index contributed by atoms with van der Waals surface area (Å²) in [6.45, 7) is 0.690. The number of fused-ring (bicyclic) bond motifs is 1. The minimum atomic E-state index is -4.38. The smallest absolute Gasteiger partial charge is 0.292 e. The Balaban J connectivity index is 1.88. The molecule has 5 nitrogen and oxygen atoms in total. The standard InChI is InChI=1S/C15H18F3N3O2S/c1-20-14(10-3-5-11(6-4-10)15(16,17)18)12-9-21(24(2,22)23)8-7-13(12)19-20/h3-6,12,14H,7-9H2,1-2H3/t12-,14+/m1/s1. The van der Waals surface area contributed by atoms with Crippen molar-refractivity contribution in [3.63, 3.8) is 0 Å². The molecule has 0 N–H and O–H groups in total. The van der Waals surface area contributed by atoms with Crippen molar-refractivity contribution >= 4 is 15.7 Å². The molecule has 9 heteroatoms. The molecule has 2 aliphatic heterocycles. The van der Waals surface area contributed by atoms with Crippen LogP contribution in [0.25, 0.3) is 0 Å². The fourth-order valence-electron chi connectivity index (χ4n) is 3.39. The molecule has 2 atom stereocenters. The van der Waals surface area contributed by atoms with Gasteiger partial charge in [0.25, 0.3) is 0 Å². The molecular weight excluding hydrogens is 343 g/mol. The fourth-order valence-corrected chi connectivity index (χ4v) is 4.25. The van der Waals surface area contributed by atoms with E-state index in [0.717, 1.165) is 17.8 Å². The van der Waals surface area contributed by atoms with E-state index in [4.69, 9.17) is 0 Å². The zero-order valence-electron chi connectivity index (χ0n) is 13.3. The summed E-state index contributed by atoms with van der Waals surface area (Å²) in [5, 5.41) is 6.18. The minimum absolute atomic E-state index is 0.143. The van der Waals surface area contributed by atoms with Crippen LogP contribution in [0.3, 0.4) is 0 Å². The van der Waals surface area contributed by atoms with Gasteiger partial charge in [-0.15, -0.1) is 0 Å². The van der Waals surface area contributed by atoms with E-state index in [1.165, 1.54) is 22.7 Å². The maximum absolute atomic E-state index is 12.7. The molecule has 0 saturated carbocycles. The Morgan fingerprint density at radius 3 is 2.38 bits per heavy atom. The van der Waals surface area contributed by atoms with Gasteiger partial charge in [0.15, 0.2) is 0 Å². The molecule has 0 unspecified atom stereocenters.